The van der Waals surface area contributed by atoms with Gasteiger partial charge in [0.25, 0.3) is 0 Å². The van der Waals surface area contributed by atoms with Crippen LogP contribution in [0.1, 0.15) is 38.3 Å². The van der Waals surface area contributed by atoms with Gasteiger partial charge in [0.15, 0.2) is 0 Å². The number of hydrogen-bond donors (Lipinski definition) is 2. The van der Waals surface area contributed by atoms with Gasteiger partial charge in [0, 0.05) is 6.42 Å². The van der Waals surface area contributed by atoms with Crippen molar-refractivity contribution in [3.63, 3.8) is 0 Å². The van der Waals surface area contributed by atoms with Crippen molar-refractivity contribution in [2.24, 2.45) is 11.7 Å². The van der Waals surface area contributed by atoms with Crippen molar-refractivity contribution < 1.29 is 9.18 Å². The van der Waals surface area contributed by atoms with Gasteiger partial charge in [-0.2, -0.15) is 0 Å². The summed E-state index contributed by atoms with van der Waals surface area (Å²) in [4.78, 5) is 11.7. The zero-order valence-electron chi connectivity index (χ0n) is 10.9. The average molecular weight is 252 g/mol. The first-order valence-corrected chi connectivity index (χ1v) is 6.27. The van der Waals surface area contributed by atoms with Crippen molar-refractivity contribution in [2.75, 3.05) is 6.54 Å². The molecule has 0 fully saturated rings. The number of hydrogen-bond acceptors (Lipinski definition) is 2. The zero-order valence-corrected chi connectivity index (χ0v) is 10.9. The third-order valence-electron chi connectivity index (χ3n) is 3.01. The van der Waals surface area contributed by atoms with Gasteiger partial charge in [0.2, 0.25) is 5.91 Å². The fourth-order valence-electron chi connectivity index (χ4n) is 1.64. The standard InChI is InChI=1S/C14H21FN2O/c1-10(9-16)3-8-14(18)17-11(2)12-4-6-13(15)7-5-12/h4-7,10-11H,3,8-9,16H2,1-2H3,(H,17,18)/t10?,11-/m1/s1. The summed E-state index contributed by atoms with van der Waals surface area (Å²) in [6.45, 7) is 4.51. The first-order valence-electron chi connectivity index (χ1n) is 6.27. The Kier molecular flexibility index (Phi) is 5.78. The quantitative estimate of drug-likeness (QED) is 0.816. The van der Waals surface area contributed by atoms with E-state index in [4.69, 9.17) is 5.73 Å². The van der Waals surface area contributed by atoms with Crippen LogP contribution < -0.4 is 11.1 Å². The molecular weight excluding hydrogens is 231 g/mol. The van der Waals surface area contributed by atoms with E-state index in [-0.39, 0.29) is 17.8 Å². The second kappa shape index (κ2) is 7.11. The molecule has 0 heterocycles. The SMILES string of the molecule is CC(CN)CCC(=O)N[C@H](C)c1ccc(F)cc1. The Labute approximate surface area is 108 Å². The Morgan fingerprint density at radius 1 is 1.33 bits per heavy atom. The molecule has 3 nitrogen and oxygen atoms in total. The molecule has 0 radical (unpaired) electrons. The largest absolute Gasteiger partial charge is 0.350 e. The van der Waals surface area contributed by atoms with Crippen LogP contribution >= 0.6 is 0 Å². The van der Waals surface area contributed by atoms with Crippen molar-refractivity contribution in [1.82, 2.24) is 5.32 Å². The van der Waals surface area contributed by atoms with Crippen molar-refractivity contribution in [1.29, 1.82) is 0 Å². The van der Waals surface area contributed by atoms with Crippen molar-refractivity contribution >= 4 is 5.91 Å². The van der Waals surface area contributed by atoms with Gasteiger partial charge >= 0.3 is 0 Å². The van der Waals surface area contributed by atoms with Gasteiger partial charge in [0.1, 0.15) is 5.82 Å². The molecule has 0 bridgehead atoms. The van der Waals surface area contributed by atoms with Gasteiger partial charge < -0.3 is 11.1 Å². The minimum absolute atomic E-state index is 0.00660. The van der Waals surface area contributed by atoms with E-state index >= 15 is 0 Å². The van der Waals surface area contributed by atoms with Crippen LogP contribution in [-0.2, 0) is 4.79 Å². The molecule has 0 aromatic heterocycles. The maximum absolute atomic E-state index is 12.8. The fraction of sp³-hybridized carbons (Fsp3) is 0.500. The number of nitrogens with two attached hydrogens (primary N) is 1. The normalized spacial score (nSPS) is 14.0. The number of carbonyl (C=O) groups excluding carboxylic acids is 1. The molecule has 1 rings (SSSR count). The molecule has 4 heteroatoms. The molecule has 1 aromatic carbocycles. The molecular formula is C14H21FN2O. The van der Waals surface area contributed by atoms with Gasteiger partial charge in [-0.15, -0.1) is 0 Å². The Bertz CT molecular complexity index is 378. The van der Waals surface area contributed by atoms with Gasteiger partial charge in [-0.1, -0.05) is 19.1 Å². The maximum atomic E-state index is 12.8. The van der Waals surface area contributed by atoms with Crippen LogP contribution in [0.3, 0.4) is 0 Å². The lowest BCUT2D eigenvalue weighted by Gasteiger charge is -2.15. The molecule has 2 atom stereocenters. The number of carbonyl (C=O) groups is 1. The maximum Gasteiger partial charge on any atom is 0.220 e. The fourth-order valence-corrected chi connectivity index (χ4v) is 1.64. The smallest absolute Gasteiger partial charge is 0.220 e. The van der Waals surface area contributed by atoms with E-state index in [0.29, 0.717) is 18.9 Å². The van der Waals surface area contributed by atoms with E-state index in [0.717, 1.165) is 12.0 Å². The van der Waals surface area contributed by atoms with Gasteiger partial charge in [-0.3, -0.25) is 4.79 Å². The zero-order chi connectivity index (χ0) is 13.5. The van der Waals surface area contributed by atoms with Crippen LogP contribution in [0, 0.1) is 11.7 Å². The monoisotopic (exact) mass is 252 g/mol. The van der Waals surface area contributed by atoms with Crippen LogP contribution in [0.5, 0.6) is 0 Å². The number of rotatable bonds is 6. The molecule has 0 saturated heterocycles. The Balaban J connectivity index is 2.42. The second-order valence-electron chi connectivity index (χ2n) is 4.72. The minimum atomic E-state index is -0.269. The molecule has 100 valence electrons. The van der Waals surface area contributed by atoms with E-state index in [1.807, 2.05) is 13.8 Å². The van der Waals surface area contributed by atoms with Crippen molar-refractivity contribution in [2.45, 2.75) is 32.7 Å². The van der Waals surface area contributed by atoms with Crippen LogP contribution in [0.15, 0.2) is 24.3 Å². The lowest BCUT2D eigenvalue weighted by molar-refractivity contribution is -0.122. The molecule has 1 aromatic rings. The van der Waals surface area contributed by atoms with Gasteiger partial charge in [-0.05, 0) is 43.5 Å². The first-order chi connectivity index (χ1) is 8.52. The summed E-state index contributed by atoms with van der Waals surface area (Å²) in [6, 6.07) is 6.06. The van der Waals surface area contributed by atoms with E-state index < -0.39 is 0 Å². The summed E-state index contributed by atoms with van der Waals surface area (Å²) >= 11 is 0. The third-order valence-corrected chi connectivity index (χ3v) is 3.01. The number of benzene rings is 1. The number of amides is 1. The number of halogens is 1. The summed E-state index contributed by atoms with van der Waals surface area (Å²) in [5, 5.41) is 2.89. The average Bonchev–Trinajstić information content (AvgIpc) is 2.36. The van der Waals surface area contributed by atoms with E-state index in [2.05, 4.69) is 5.32 Å². The summed E-state index contributed by atoms with van der Waals surface area (Å²) in [7, 11) is 0. The molecule has 0 aliphatic heterocycles. The molecule has 0 aliphatic rings. The summed E-state index contributed by atoms with van der Waals surface area (Å²) in [6.07, 6.45) is 1.27. The Hall–Kier alpha value is -1.42. The summed E-state index contributed by atoms with van der Waals surface area (Å²) < 4.78 is 12.8. The van der Waals surface area contributed by atoms with Gasteiger partial charge in [0.05, 0.1) is 6.04 Å². The topological polar surface area (TPSA) is 55.1 Å². The number of nitrogens with one attached hydrogen (secondary N) is 1. The highest BCUT2D eigenvalue weighted by molar-refractivity contribution is 5.76. The van der Waals surface area contributed by atoms with Crippen LogP contribution in [0.2, 0.25) is 0 Å². The molecule has 1 unspecified atom stereocenters. The molecule has 0 saturated carbocycles. The highest BCUT2D eigenvalue weighted by atomic mass is 19.1. The van der Waals surface area contributed by atoms with E-state index in [1.54, 1.807) is 12.1 Å². The minimum Gasteiger partial charge on any atom is -0.350 e. The highest BCUT2D eigenvalue weighted by Gasteiger charge is 2.10. The predicted molar refractivity (Wildman–Crippen MR) is 70.4 cm³/mol. The summed E-state index contributed by atoms with van der Waals surface area (Å²) in [5.41, 5.74) is 6.40. The Morgan fingerprint density at radius 2 is 1.94 bits per heavy atom. The van der Waals surface area contributed by atoms with E-state index in [1.165, 1.54) is 12.1 Å². The van der Waals surface area contributed by atoms with Crippen LogP contribution in [0.4, 0.5) is 4.39 Å². The third kappa shape index (κ3) is 4.84. The molecule has 0 spiro atoms. The molecule has 3 N–H and O–H groups in total. The summed E-state index contributed by atoms with van der Waals surface area (Å²) in [5.74, 6) is 0.0954. The predicted octanol–water partition coefficient (Wildman–Crippen LogP) is 2.38. The molecule has 0 aliphatic carbocycles. The molecule has 1 amide bonds. The van der Waals surface area contributed by atoms with Gasteiger partial charge in [-0.25, -0.2) is 4.39 Å². The highest BCUT2D eigenvalue weighted by Crippen LogP contribution is 2.13. The van der Waals surface area contributed by atoms with Crippen molar-refractivity contribution in [3.05, 3.63) is 35.6 Å². The Morgan fingerprint density at radius 3 is 2.50 bits per heavy atom. The first kappa shape index (κ1) is 14.6. The van der Waals surface area contributed by atoms with Crippen LogP contribution in [0.25, 0.3) is 0 Å². The molecule has 18 heavy (non-hydrogen) atoms. The van der Waals surface area contributed by atoms with E-state index in [9.17, 15) is 9.18 Å². The second-order valence-corrected chi connectivity index (χ2v) is 4.72. The lowest BCUT2D eigenvalue weighted by atomic mass is 10.0. The van der Waals surface area contributed by atoms with Crippen LogP contribution in [-0.4, -0.2) is 12.5 Å². The lowest BCUT2D eigenvalue weighted by Crippen LogP contribution is -2.27. The van der Waals surface area contributed by atoms with Crippen molar-refractivity contribution in [3.8, 4) is 0 Å².